The number of pyridine rings is 2. The molecule has 0 aromatic carbocycles. The zero-order valence-corrected chi connectivity index (χ0v) is 18.4. The van der Waals surface area contributed by atoms with E-state index in [9.17, 15) is 39.0 Å². The van der Waals surface area contributed by atoms with Crippen LogP contribution in [0, 0.1) is 0 Å². The van der Waals surface area contributed by atoms with Gasteiger partial charge in [-0.25, -0.2) is 9.59 Å². The molecule has 0 aliphatic carbocycles. The van der Waals surface area contributed by atoms with Crippen molar-refractivity contribution in [1.29, 1.82) is 0 Å². The Bertz CT molecular complexity index is 913. The van der Waals surface area contributed by atoms with Gasteiger partial charge in [-0.2, -0.15) is 0 Å². The first-order chi connectivity index (χ1) is 15.9. The molecule has 2 amide bonds. The number of rotatable bonds is 6. The third-order valence-electron chi connectivity index (χ3n) is 2.56. The van der Waals surface area contributed by atoms with Gasteiger partial charge in [-0.05, 0) is 36.4 Å². The standard InChI is InChI=1S/2C6H6N2O.2C4H4O4.Cu/c2*7-6(9)5-3-1-2-4-8-5;2*5-3(6)1-2-4(7)8;/h2*1-4H,(H2,7,9);2*1-2H,(H,5,6)(H,7,8);/q;;;;+2/p-2/b;;2*2-1-;. The van der Waals surface area contributed by atoms with E-state index in [0.717, 1.165) is 0 Å². The number of carbonyl (C=O) groups is 6. The summed E-state index contributed by atoms with van der Waals surface area (Å²) < 4.78 is 0. The number of aliphatic carboxylic acids is 4. The Morgan fingerprint density at radius 3 is 1.09 bits per heavy atom. The van der Waals surface area contributed by atoms with E-state index in [0.29, 0.717) is 35.7 Å². The van der Waals surface area contributed by atoms with Crippen molar-refractivity contribution in [3.05, 3.63) is 84.5 Å². The van der Waals surface area contributed by atoms with Gasteiger partial charge in [0, 0.05) is 24.5 Å². The number of aromatic nitrogens is 2. The fourth-order valence-electron chi connectivity index (χ4n) is 1.30. The number of carboxylic acid groups (broad SMARTS) is 4. The van der Waals surface area contributed by atoms with Crippen molar-refractivity contribution >= 4 is 35.7 Å². The summed E-state index contributed by atoms with van der Waals surface area (Å²) >= 11 is 0. The predicted molar refractivity (Wildman–Crippen MR) is 109 cm³/mol. The van der Waals surface area contributed by atoms with E-state index in [2.05, 4.69) is 9.97 Å². The molecule has 2 aromatic heterocycles. The molecule has 6 N–H and O–H groups in total. The molecule has 0 spiro atoms. The second-order valence-electron chi connectivity index (χ2n) is 5.14. The third kappa shape index (κ3) is 25.3. The first-order valence-electron chi connectivity index (χ1n) is 8.52. The van der Waals surface area contributed by atoms with Gasteiger partial charge in [-0.3, -0.25) is 19.6 Å². The van der Waals surface area contributed by atoms with Crippen LogP contribution in [0.1, 0.15) is 21.0 Å². The molecule has 2 heterocycles. The van der Waals surface area contributed by atoms with E-state index in [4.69, 9.17) is 21.7 Å². The Kier molecular flexibility index (Phi) is 20.8. The zero-order chi connectivity index (χ0) is 26.5. The van der Waals surface area contributed by atoms with E-state index in [1.807, 2.05) is 0 Å². The molecule has 189 valence electrons. The van der Waals surface area contributed by atoms with E-state index in [1.54, 1.807) is 36.4 Å². The molecular weight excluding hydrogens is 520 g/mol. The molecule has 0 bridgehead atoms. The number of carbonyl (C=O) groups excluding carboxylic acids is 4. The summed E-state index contributed by atoms with van der Waals surface area (Å²) in [6.07, 6.45) is 4.94. The van der Waals surface area contributed by atoms with Gasteiger partial charge < -0.3 is 41.5 Å². The maximum Gasteiger partial charge on any atom is 2.00 e. The molecule has 0 aliphatic rings. The maximum atomic E-state index is 10.4. The number of amides is 2. The number of nitrogens with zero attached hydrogens (tertiary/aromatic N) is 2. The molecule has 2 rings (SSSR count). The van der Waals surface area contributed by atoms with Gasteiger partial charge in [0.15, 0.2) is 0 Å². The zero-order valence-electron chi connectivity index (χ0n) is 17.4. The summed E-state index contributed by atoms with van der Waals surface area (Å²) in [6, 6.07) is 10.0. The van der Waals surface area contributed by atoms with E-state index in [1.165, 1.54) is 12.4 Å². The smallest absolute Gasteiger partial charge is 0.545 e. The van der Waals surface area contributed by atoms with Gasteiger partial charge >= 0.3 is 29.0 Å². The summed E-state index contributed by atoms with van der Waals surface area (Å²) in [5, 5.41) is 34.5. The van der Waals surface area contributed by atoms with Gasteiger partial charge in [0.2, 0.25) is 0 Å². The van der Waals surface area contributed by atoms with Crippen LogP contribution in [-0.4, -0.2) is 55.9 Å². The molecule has 0 saturated heterocycles. The van der Waals surface area contributed by atoms with E-state index >= 15 is 0 Å². The van der Waals surface area contributed by atoms with Crippen molar-refractivity contribution in [3.8, 4) is 0 Å². The minimum absolute atomic E-state index is 0. The fraction of sp³-hybridized carbons (Fsp3) is 0. The monoisotopic (exact) mass is 537 g/mol. The molecule has 35 heavy (non-hydrogen) atoms. The summed E-state index contributed by atoms with van der Waals surface area (Å²) in [5.41, 5.74) is 10.4. The topological polar surface area (TPSA) is 267 Å². The van der Waals surface area contributed by atoms with Gasteiger partial charge in [-0.1, -0.05) is 12.1 Å². The number of nitrogens with two attached hydrogens (primary N) is 2. The third-order valence-corrected chi connectivity index (χ3v) is 2.56. The number of primary amides is 2. The van der Waals surface area contributed by atoms with Gasteiger partial charge in [0.25, 0.3) is 11.8 Å². The van der Waals surface area contributed by atoms with Crippen molar-refractivity contribution in [3.63, 3.8) is 0 Å². The normalized spacial score (nSPS) is 8.91. The average molecular weight is 538 g/mol. The van der Waals surface area contributed by atoms with Crippen molar-refractivity contribution in [2.75, 3.05) is 0 Å². The molecule has 0 aliphatic heterocycles. The predicted octanol–water partition coefficient (Wildman–Crippen LogP) is -2.89. The first-order valence-corrected chi connectivity index (χ1v) is 8.52. The van der Waals surface area contributed by atoms with Gasteiger partial charge in [-0.15, -0.1) is 0 Å². The second kappa shape index (κ2) is 21.0. The molecule has 0 unspecified atom stereocenters. The molecule has 14 nitrogen and oxygen atoms in total. The fourth-order valence-corrected chi connectivity index (χ4v) is 1.30. The Labute approximate surface area is 208 Å². The molecule has 1 radical (unpaired) electrons. The van der Waals surface area contributed by atoms with Crippen LogP contribution in [0.4, 0.5) is 0 Å². The number of hydrogen-bond donors (Lipinski definition) is 4. The van der Waals surface area contributed by atoms with Crippen LogP contribution in [-0.2, 0) is 36.2 Å². The summed E-state index contributed by atoms with van der Waals surface area (Å²) in [4.78, 5) is 66.1. The van der Waals surface area contributed by atoms with Crippen LogP contribution in [0.3, 0.4) is 0 Å². The molecule has 0 atom stereocenters. The summed E-state index contributed by atoms with van der Waals surface area (Å²) in [5.74, 6) is -6.59. The quantitative estimate of drug-likeness (QED) is 0.213. The van der Waals surface area contributed by atoms with Crippen LogP contribution >= 0.6 is 0 Å². The van der Waals surface area contributed by atoms with Crippen molar-refractivity contribution in [2.24, 2.45) is 11.5 Å². The van der Waals surface area contributed by atoms with Crippen LogP contribution in [0.15, 0.2) is 73.1 Å². The molecule has 15 heteroatoms. The first kappa shape index (κ1) is 34.7. The summed E-state index contributed by atoms with van der Waals surface area (Å²) in [7, 11) is 0. The van der Waals surface area contributed by atoms with E-state index < -0.39 is 35.7 Å². The number of carboxylic acids is 4. The van der Waals surface area contributed by atoms with Gasteiger partial charge in [0.05, 0.1) is 11.9 Å². The van der Waals surface area contributed by atoms with Crippen molar-refractivity contribution in [1.82, 2.24) is 9.97 Å². The van der Waals surface area contributed by atoms with Crippen LogP contribution in [0.5, 0.6) is 0 Å². The minimum atomic E-state index is -1.51. The maximum absolute atomic E-state index is 10.4. The Balaban J connectivity index is -0.000000387. The van der Waals surface area contributed by atoms with Crippen LogP contribution < -0.4 is 21.7 Å². The van der Waals surface area contributed by atoms with E-state index in [-0.39, 0.29) is 17.1 Å². The molecular formula is C20H18CuN4O10. The largest absolute Gasteiger partial charge is 2.00 e. The minimum Gasteiger partial charge on any atom is -0.545 e. The van der Waals surface area contributed by atoms with Gasteiger partial charge in [0.1, 0.15) is 11.4 Å². The summed E-state index contributed by atoms with van der Waals surface area (Å²) in [6.45, 7) is 0. The second-order valence-corrected chi connectivity index (χ2v) is 5.14. The average Bonchev–Trinajstić information content (AvgIpc) is 2.79. The Morgan fingerprint density at radius 1 is 0.657 bits per heavy atom. The Morgan fingerprint density at radius 2 is 0.971 bits per heavy atom. The number of hydrogen-bond acceptors (Lipinski definition) is 10. The Hall–Kier alpha value is -4.88. The van der Waals surface area contributed by atoms with Crippen LogP contribution in [0.2, 0.25) is 0 Å². The molecule has 0 fully saturated rings. The molecule has 2 aromatic rings. The SMILES string of the molecule is NC(=O)c1ccccn1.NC(=O)c1ccccn1.O=C([O-])/C=C\C(=O)O.O=C([O-])/C=C\C(=O)O.[Cu+2]. The van der Waals surface area contributed by atoms with Crippen LogP contribution in [0.25, 0.3) is 0 Å². The molecule has 0 saturated carbocycles. The van der Waals surface area contributed by atoms with Crippen molar-refractivity contribution in [2.45, 2.75) is 0 Å². The van der Waals surface area contributed by atoms with Crippen molar-refractivity contribution < 1.29 is 66.3 Å².